The summed E-state index contributed by atoms with van der Waals surface area (Å²) in [5.41, 5.74) is 3.69. The van der Waals surface area contributed by atoms with E-state index in [2.05, 4.69) is 41.9 Å². The Balaban J connectivity index is 2.64. The first-order valence-corrected chi connectivity index (χ1v) is 5.28. The van der Waals surface area contributed by atoms with Gasteiger partial charge in [-0.1, -0.05) is 15.9 Å². The Hall–Kier alpha value is -1.02. The molecule has 1 aromatic heterocycles. The minimum Gasteiger partial charge on any atom is -0.464 e. The summed E-state index contributed by atoms with van der Waals surface area (Å²) in [6.45, 7) is 4.21. The van der Waals surface area contributed by atoms with Crippen LogP contribution in [0.4, 0.5) is 0 Å². The monoisotopic (exact) mass is 250 g/mol. The molecule has 0 fully saturated rings. The summed E-state index contributed by atoms with van der Waals surface area (Å²) in [5, 5.41) is 0. The Morgan fingerprint density at radius 3 is 2.64 bits per heavy atom. The molecule has 0 unspecified atom stereocenters. The molecule has 0 atom stereocenters. The lowest BCUT2D eigenvalue weighted by molar-refractivity contribution is 0.582. The molecule has 0 aliphatic carbocycles. The van der Waals surface area contributed by atoms with Crippen molar-refractivity contribution >= 4 is 15.9 Å². The van der Waals surface area contributed by atoms with Crippen LogP contribution in [0.25, 0.3) is 11.3 Å². The summed E-state index contributed by atoms with van der Waals surface area (Å²) in [7, 11) is 0. The van der Waals surface area contributed by atoms with E-state index in [1.165, 1.54) is 11.1 Å². The van der Waals surface area contributed by atoms with Gasteiger partial charge in [-0.05, 0) is 49.2 Å². The van der Waals surface area contributed by atoms with Gasteiger partial charge >= 0.3 is 0 Å². The van der Waals surface area contributed by atoms with Gasteiger partial charge < -0.3 is 4.42 Å². The van der Waals surface area contributed by atoms with Crippen molar-refractivity contribution in [3.05, 3.63) is 46.1 Å². The largest absolute Gasteiger partial charge is 0.464 e. The van der Waals surface area contributed by atoms with Crippen LogP contribution in [0, 0.1) is 13.8 Å². The molecule has 0 bridgehead atoms. The van der Waals surface area contributed by atoms with Crippen LogP contribution in [0.1, 0.15) is 11.1 Å². The zero-order valence-corrected chi connectivity index (χ0v) is 9.76. The van der Waals surface area contributed by atoms with Crippen LogP contribution in [-0.2, 0) is 0 Å². The van der Waals surface area contributed by atoms with E-state index in [1.54, 1.807) is 6.26 Å². The molecule has 14 heavy (non-hydrogen) atoms. The maximum Gasteiger partial charge on any atom is 0.134 e. The molecule has 0 amide bonds. The summed E-state index contributed by atoms with van der Waals surface area (Å²) in [6, 6.07) is 8.09. The summed E-state index contributed by atoms with van der Waals surface area (Å²) >= 11 is 3.49. The van der Waals surface area contributed by atoms with Gasteiger partial charge in [0.25, 0.3) is 0 Å². The lowest BCUT2D eigenvalue weighted by Crippen LogP contribution is -1.86. The van der Waals surface area contributed by atoms with Crippen LogP contribution in [-0.4, -0.2) is 0 Å². The first-order valence-electron chi connectivity index (χ1n) is 4.49. The molecule has 1 heterocycles. The summed E-state index contributed by atoms with van der Waals surface area (Å²) in [4.78, 5) is 0. The first kappa shape index (κ1) is 9.53. The van der Waals surface area contributed by atoms with E-state index in [0.717, 1.165) is 15.8 Å². The van der Waals surface area contributed by atoms with E-state index in [0.29, 0.717) is 0 Å². The topological polar surface area (TPSA) is 13.1 Å². The molecule has 1 aromatic carbocycles. The van der Waals surface area contributed by atoms with Gasteiger partial charge in [0.2, 0.25) is 0 Å². The third kappa shape index (κ3) is 1.62. The molecule has 0 saturated heterocycles. The van der Waals surface area contributed by atoms with Crippen LogP contribution in [0.3, 0.4) is 0 Å². The van der Waals surface area contributed by atoms with Gasteiger partial charge in [0, 0.05) is 10.0 Å². The number of rotatable bonds is 1. The number of benzene rings is 1. The highest BCUT2D eigenvalue weighted by Gasteiger charge is 2.07. The molecule has 0 aliphatic rings. The highest BCUT2D eigenvalue weighted by molar-refractivity contribution is 9.10. The average molecular weight is 251 g/mol. The highest BCUT2D eigenvalue weighted by atomic mass is 79.9. The molecule has 2 rings (SSSR count). The van der Waals surface area contributed by atoms with Crippen molar-refractivity contribution in [1.29, 1.82) is 0 Å². The van der Waals surface area contributed by atoms with Gasteiger partial charge in [-0.2, -0.15) is 0 Å². The maximum absolute atomic E-state index is 5.39. The standard InChI is InChI=1S/C12H11BrO/c1-8-6-10(13)7-11(9(8)2)12-4-3-5-14-12/h3-7H,1-2H3. The van der Waals surface area contributed by atoms with Gasteiger partial charge in [-0.25, -0.2) is 0 Å². The van der Waals surface area contributed by atoms with Crippen molar-refractivity contribution in [3.8, 4) is 11.3 Å². The van der Waals surface area contributed by atoms with E-state index >= 15 is 0 Å². The lowest BCUT2D eigenvalue weighted by atomic mass is 10.0. The molecular formula is C12H11BrO. The van der Waals surface area contributed by atoms with Crippen LogP contribution in [0.5, 0.6) is 0 Å². The molecule has 72 valence electrons. The maximum atomic E-state index is 5.39. The third-order valence-electron chi connectivity index (χ3n) is 2.42. The Bertz CT molecular complexity index is 444. The van der Waals surface area contributed by atoms with Crippen LogP contribution < -0.4 is 0 Å². The molecule has 0 N–H and O–H groups in total. The predicted molar refractivity (Wildman–Crippen MR) is 61.3 cm³/mol. The van der Waals surface area contributed by atoms with Gasteiger partial charge in [-0.3, -0.25) is 0 Å². The number of aryl methyl sites for hydroxylation is 1. The number of halogens is 1. The Morgan fingerprint density at radius 1 is 1.21 bits per heavy atom. The van der Waals surface area contributed by atoms with Crippen molar-refractivity contribution < 1.29 is 4.42 Å². The molecule has 1 nitrogen and oxygen atoms in total. The summed E-state index contributed by atoms with van der Waals surface area (Å²) < 4.78 is 6.48. The number of hydrogen-bond donors (Lipinski definition) is 0. The first-order chi connectivity index (χ1) is 6.68. The van der Waals surface area contributed by atoms with Gasteiger partial charge in [0.1, 0.15) is 5.76 Å². The fraction of sp³-hybridized carbons (Fsp3) is 0.167. The minimum absolute atomic E-state index is 0.923. The Morgan fingerprint density at radius 2 is 2.00 bits per heavy atom. The fourth-order valence-corrected chi connectivity index (χ4v) is 2.08. The molecule has 0 aliphatic heterocycles. The van der Waals surface area contributed by atoms with E-state index in [9.17, 15) is 0 Å². The second-order valence-corrected chi connectivity index (χ2v) is 4.29. The number of hydrogen-bond acceptors (Lipinski definition) is 1. The predicted octanol–water partition coefficient (Wildman–Crippen LogP) is 4.33. The summed E-state index contributed by atoms with van der Waals surface area (Å²) in [5.74, 6) is 0.923. The summed E-state index contributed by atoms with van der Waals surface area (Å²) in [6.07, 6.45) is 1.70. The molecular weight excluding hydrogens is 240 g/mol. The molecule has 2 aromatic rings. The second-order valence-electron chi connectivity index (χ2n) is 3.37. The van der Waals surface area contributed by atoms with E-state index in [1.807, 2.05) is 12.1 Å². The van der Waals surface area contributed by atoms with Gasteiger partial charge in [-0.15, -0.1) is 0 Å². The fourth-order valence-electron chi connectivity index (χ4n) is 1.50. The lowest BCUT2D eigenvalue weighted by Gasteiger charge is -2.07. The molecule has 0 saturated carbocycles. The minimum atomic E-state index is 0.923. The van der Waals surface area contributed by atoms with Crippen molar-refractivity contribution in [2.45, 2.75) is 13.8 Å². The third-order valence-corrected chi connectivity index (χ3v) is 2.88. The Labute approximate surface area is 91.9 Å². The zero-order valence-electron chi connectivity index (χ0n) is 8.17. The smallest absolute Gasteiger partial charge is 0.134 e. The van der Waals surface area contributed by atoms with E-state index in [-0.39, 0.29) is 0 Å². The molecule has 0 radical (unpaired) electrons. The SMILES string of the molecule is Cc1cc(Br)cc(-c2ccco2)c1C. The van der Waals surface area contributed by atoms with Crippen molar-refractivity contribution in [1.82, 2.24) is 0 Å². The molecule has 0 spiro atoms. The molecule has 2 heteroatoms. The highest BCUT2D eigenvalue weighted by Crippen LogP contribution is 2.29. The Kier molecular flexibility index (Phi) is 2.46. The van der Waals surface area contributed by atoms with E-state index in [4.69, 9.17) is 4.42 Å². The van der Waals surface area contributed by atoms with Crippen LogP contribution >= 0.6 is 15.9 Å². The van der Waals surface area contributed by atoms with Crippen molar-refractivity contribution in [2.75, 3.05) is 0 Å². The normalized spacial score (nSPS) is 10.5. The van der Waals surface area contributed by atoms with Crippen molar-refractivity contribution in [2.24, 2.45) is 0 Å². The second kappa shape index (κ2) is 3.62. The van der Waals surface area contributed by atoms with E-state index < -0.39 is 0 Å². The quantitative estimate of drug-likeness (QED) is 0.735. The average Bonchev–Trinajstić information content (AvgIpc) is 2.63. The van der Waals surface area contributed by atoms with Crippen LogP contribution in [0.15, 0.2) is 39.4 Å². The van der Waals surface area contributed by atoms with Crippen LogP contribution in [0.2, 0.25) is 0 Å². The zero-order chi connectivity index (χ0) is 10.1. The number of furan rings is 1. The van der Waals surface area contributed by atoms with Gasteiger partial charge in [0.05, 0.1) is 6.26 Å². The van der Waals surface area contributed by atoms with Gasteiger partial charge in [0.15, 0.2) is 0 Å². The van der Waals surface area contributed by atoms with Crippen molar-refractivity contribution in [3.63, 3.8) is 0 Å².